The third-order valence-electron chi connectivity index (χ3n) is 4.59. The Morgan fingerprint density at radius 3 is 2.70 bits per heavy atom. The number of fused-ring (bicyclic) bond motifs is 1. The van der Waals surface area contributed by atoms with Crippen molar-refractivity contribution >= 4 is 33.8 Å². The lowest BCUT2D eigenvalue weighted by atomic mass is 9.91. The van der Waals surface area contributed by atoms with Gasteiger partial charge >= 0.3 is 6.03 Å². The van der Waals surface area contributed by atoms with Crippen LogP contribution in [0.2, 0.25) is 0 Å². The molecule has 0 unspecified atom stereocenters. The number of carbonyl (C=O) groups is 1. The molecular weight excluding hydrogens is 382 g/mol. The van der Waals surface area contributed by atoms with E-state index in [0.29, 0.717) is 23.2 Å². The fraction of sp³-hybridized carbons (Fsp3) is 0.263. The fourth-order valence-corrected chi connectivity index (χ4v) is 4.74. The van der Waals surface area contributed by atoms with Crippen LogP contribution in [0, 0.1) is 0 Å². The van der Waals surface area contributed by atoms with Crippen LogP contribution in [0.15, 0.2) is 41.2 Å². The van der Waals surface area contributed by atoms with Crippen molar-refractivity contribution < 1.29 is 14.3 Å². The average Bonchev–Trinajstić information content (AvgIpc) is 3.39. The second-order valence-electron chi connectivity index (χ2n) is 6.03. The number of thiazole rings is 1. The zero-order valence-electron chi connectivity index (χ0n) is 15.0. The first-order valence-corrected chi connectivity index (χ1v) is 10.2. The topological polar surface area (TPSA) is 63.7 Å². The summed E-state index contributed by atoms with van der Waals surface area (Å²) in [5.74, 6) is 1.38. The van der Waals surface area contributed by atoms with Crippen molar-refractivity contribution in [3.8, 4) is 11.5 Å². The number of hydrogen-bond donors (Lipinski definition) is 1. The lowest BCUT2D eigenvalue weighted by Gasteiger charge is -2.37. The molecule has 27 heavy (non-hydrogen) atoms. The van der Waals surface area contributed by atoms with E-state index in [1.807, 2.05) is 33.9 Å². The summed E-state index contributed by atoms with van der Waals surface area (Å²) in [4.78, 5) is 20.1. The van der Waals surface area contributed by atoms with E-state index in [-0.39, 0.29) is 12.1 Å². The van der Waals surface area contributed by atoms with Crippen LogP contribution < -0.4 is 14.8 Å². The van der Waals surface area contributed by atoms with Crippen molar-refractivity contribution in [1.82, 2.24) is 9.88 Å². The van der Waals surface area contributed by atoms with Crippen molar-refractivity contribution in [3.63, 3.8) is 0 Å². The second-order valence-corrected chi connectivity index (χ2v) is 7.91. The van der Waals surface area contributed by atoms with E-state index in [1.165, 1.54) is 16.9 Å². The summed E-state index contributed by atoms with van der Waals surface area (Å²) in [6.45, 7) is 0.613. The van der Waals surface area contributed by atoms with Crippen LogP contribution in [0.5, 0.6) is 11.5 Å². The molecule has 3 aromatic rings. The van der Waals surface area contributed by atoms with E-state index < -0.39 is 0 Å². The van der Waals surface area contributed by atoms with Crippen LogP contribution in [0.25, 0.3) is 0 Å². The van der Waals surface area contributed by atoms with Gasteiger partial charge in [0.1, 0.15) is 0 Å². The summed E-state index contributed by atoms with van der Waals surface area (Å²) >= 11 is 3.05. The molecule has 6 nitrogen and oxygen atoms in total. The number of hydrogen-bond acceptors (Lipinski definition) is 6. The first kappa shape index (κ1) is 17.8. The van der Waals surface area contributed by atoms with Gasteiger partial charge in [0.05, 0.1) is 20.3 Å². The van der Waals surface area contributed by atoms with Crippen molar-refractivity contribution in [2.24, 2.45) is 0 Å². The normalized spacial score (nSPS) is 15.9. The monoisotopic (exact) mass is 401 g/mol. The van der Waals surface area contributed by atoms with Crippen LogP contribution in [-0.2, 0) is 6.42 Å². The minimum Gasteiger partial charge on any atom is -0.493 e. The fourth-order valence-electron chi connectivity index (χ4n) is 3.37. The smallest absolute Gasteiger partial charge is 0.324 e. The summed E-state index contributed by atoms with van der Waals surface area (Å²) in [5.41, 5.74) is 2.24. The SMILES string of the molecule is COc1cc2c(cc1OC)[C@H](c1cccs1)N(C(=O)Nc1nccs1)CC2. The molecule has 3 heterocycles. The molecule has 2 aromatic heterocycles. The summed E-state index contributed by atoms with van der Waals surface area (Å²) in [5, 5.41) is 7.38. The lowest BCUT2D eigenvalue weighted by Crippen LogP contribution is -2.42. The minimum absolute atomic E-state index is 0.149. The number of nitrogens with one attached hydrogen (secondary N) is 1. The van der Waals surface area contributed by atoms with Gasteiger partial charge in [-0.25, -0.2) is 9.78 Å². The predicted molar refractivity (Wildman–Crippen MR) is 107 cm³/mol. The number of aromatic nitrogens is 1. The molecule has 0 saturated heterocycles. The van der Waals surface area contributed by atoms with Crippen LogP contribution in [0.4, 0.5) is 9.93 Å². The van der Waals surface area contributed by atoms with Gasteiger partial charge in [-0.3, -0.25) is 5.32 Å². The second kappa shape index (κ2) is 7.58. The largest absolute Gasteiger partial charge is 0.493 e. The molecule has 0 bridgehead atoms. The predicted octanol–water partition coefficient (Wildman–Crippen LogP) is 4.40. The molecule has 1 aliphatic rings. The maximum absolute atomic E-state index is 13.0. The number of thiophene rings is 1. The van der Waals surface area contributed by atoms with Gasteiger partial charge in [-0.15, -0.1) is 22.7 Å². The quantitative estimate of drug-likeness (QED) is 0.704. The lowest BCUT2D eigenvalue weighted by molar-refractivity contribution is 0.194. The first-order chi connectivity index (χ1) is 13.2. The molecule has 0 saturated carbocycles. The van der Waals surface area contributed by atoms with Crippen LogP contribution >= 0.6 is 22.7 Å². The van der Waals surface area contributed by atoms with Crippen molar-refractivity contribution in [2.75, 3.05) is 26.1 Å². The highest BCUT2D eigenvalue weighted by molar-refractivity contribution is 7.13. The third-order valence-corrected chi connectivity index (χ3v) is 6.21. The van der Waals surface area contributed by atoms with E-state index in [1.54, 1.807) is 31.8 Å². The summed E-state index contributed by atoms with van der Waals surface area (Å²) in [7, 11) is 3.26. The van der Waals surface area contributed by atoms with Gasteiger partial charge in [0.25, 0.3) is 0 Å². The molecule has 0 spiro atoms. The molecule has 8 heteroatoms. The zero-order chi connectivity index (χ0) is 18.8. The standard InChI is InChI=1S/C19H19N3O3S2/c1-24-14-10-12-5-7-22(19(23)21-18-20-6-9-27-18)17(16-4-3-8-26-16)13(12)11-15(14)25-2/h3-4,6,8-11,17H,5,7H2,1-2H3,(H,20,21,23)/t17-/m1/s1. The number of nitrogens with zero attached hydrogens (tertiary/aromatic N) is 2. The molecular formula is C19H19N3O3S2. The zero-order valence-corrected chi connectivity index (χ0v) is 16.6. The molecule has 0 fully saturated rings. The number of rotatable bonds is 4. The average molecular weight is 402 g/mol. The van der Waals surface area contributed by atoms with Gasteiger partial charge in [-0.1, -0.05) is 6.07 Å². The number of anilines is 1. The van der Waals surface area contributed by atoms with Crippen molar-refractivity contribution in [3.05, 3.63) is 57.2 Å². The molecule has 1 atom stereocenters. The third kappa shape index (κ3) is 3.38. The van der Waals surface area contributed by atoms with E-state index in [0.717, 1.165) is 16.9 Å². The minimum atomic E-state index is -0.173. The maximum Gasteiger partial charge on any atom is 0.324 e. The number of urea groups is 1. The molecule has 140 valence electrons. The summed E-state index contributed by atoms with van der Waals surface area (Å²) in [6, 6.07) is 7.75. The summed E-state index contributed by atoms with van der Waals surface area (Å²) < 4.78 is 11.0. The Bertz CT molecular complexity index is 926. The molecule has 1 aromatic carbocycles. The Morgan fingerprint density at radius 2 is 2.04 bits per heavy atom. The van der Waals surface area contributed by atoms with E-state index >= 15 is 0 Å². The Kier molecular flexibility index (Phi) is 5.00. The highest BCUT2D eigenvalue weighted by Gasteiger charge is 2.34. The Labute approximate surface area is 165 Å². The Hall–Kier alpha value is -2.58. The highest BCUT2D eigenvalue weighted by Crippen LogP contribution is 2.42. The van der Waals surface area contributed by atoms with Gasteiger partial charge in [-0.05, 0) is 41.1 Å². The molecule has 0 radical (unpaired) electrons. The van der Waals surface area contributed by atoms with E-state index in [2.05, 4.69) is 16.4 Å². The van der Waals surface area contributed by atoms with Crippen molar-refractivity contribution in [1.29, 1.82) is 0 Å². The number of benzene rings is 1. The van der Waals surface area contributed by atoms with Crippen LogP contribution in [-0.4, -0.2) is 36.7 Å². The maximum atomic E-state index is 13.0. The van der Waals surface area contributed by atoms with E-state index in [9.17, 15) is 4.79 Å². The number of methoxy groups -OCH3 is 2. The van der Waals surface area contributed by atoms with Gasteiger partial charge < -0.3 is 14.4 Å². The molecule has 1 aliphatic heterocycles. The molecule has 1 N–H and O–H groups in total. The Morgan fingerprint density at radius 1 is 1.22 bits per heavy atom. The van der Waals surface area contributed by atoms with Crippen molar-refractivity contribution in [2.45, 2.75) is 12.5 Å². The number of amides is 2. The number of carbonyl (C=O) groups excluding carboxylic acids is 1. The van der Waals surface area contributed by atoms with Gasteiger partial charge in [0.15, 0.2) is 16.6 Å². The van der Waals surface area contributed by atoms with Gasteiger partial charge in [-0.2, -0.15) is 0 Å². The first-order valence-electron chi connectivity index (χ1n) is 8.46. The van der Waals surface area contributed by atoms with Gasteiger partial charge in [0, 0.05) is 23.0 Å². The van der Waals surface area contributed by atoms with Crippen LogP contribution in [0.3, 0.4) is 0 Å². The summed E-state index contributed by atoms with van der Waals surface area (Å²) in [6.07, 6.45) is 2.43. The Balaban J connectivity index is 1.75. The highest BCUT2D eigenvalue weighted by atomic mass is 32.1. The van der Waals surface area contributed by atoms with Crippen LogP contribution in [0.1, 0.15) is 22.0 Å². The number of ether oxygens (including phenoxy) is 2. The molecule has 4 rings (SSSR count). The molecule has 2 amide bonds. The van der Waals surface area contributed by atoms with Gasteiger partial charge in [0.2, 0.25) is 0 Å². The molecule has 0 aliphatic carbocycles. The van der Waals surface area contributed by atoms with E-state index in [4.69, 9.17) is 9.47 Å².